The molecular formula is C22H24N4O3S. The standard InChI is InChI=1S/C22H24N4O3S/c1-2-25-12-14-26(15-13-25)30(28,29)19-9-4-8-18(16-19)24-22(27)20-10-3-6-17-7-5-11-23-21(17)20/h3-11,16H,2,12-15H2,1H3,(H,24,27). The molecule has 156 valence electrons. The van der Waals surface area contributed by atoms with Crippen molar-refractivity contribution in [3.05, 3.63) is 66.4 Å². The van der Waals surface area contributed by atoms with E-state index in [-0.39, 0.29) is 10.8 Å². The molecule has 2 aromatic carbocycles. The van der Waals surface area contributed by atoms with E-state index in [0.717, 1.165) is 25.0 Å². The first kappa shape index (κ1) is 20.5. The molecule has 1 saturated heterocycles. The molecule has 0 saturated carbocycles. The van der Waals surface area contributed by atoms with Crippen LogP contribution in [0.4, 0.5) is 5.69 Å². The molecule has 1 amide bonds. The van der Waals surface area contributed by atoms with Crippen molar-refractivity contribution in [3.8, 4) is 0 Å². The van der Waals surface area contributed by atoms with Gasteiger partial charge in [0.05, 0.1) is 16.0 Å². The number of likely N-dealkylation sites (N-methyl/N-ethyl adjacent to an activating group) is 1. The lowest BCUT2D eigenvalue weighted by Gasteiger charge is -2.33. The van der Waals surface area contributed by atoms with Crippen molar-refractivity contribution < 1.29 is 13.2 Å². The normalized spacial score (nSPS) is 15.9. The zero-order chi connectivity index (χ0) is 21.1. The maximum Gasteiger partial charge on any atom is 0.257 e. The van der Waals surface area contributed by atoms with E-state index < -0.39 is 10.0 Å². The smallest absolute Gasteiger partial charge is 0.257 e. The fraction of sp³-hybridized carbons (Fsp3) is 0.273. The molecule has 30 heavy (non-hydrogen) atoms. The summed E-state index contributed by atoms with van der Waals surface area (Å²) in [6, 6.07) is 15.5. The van der Waals surface area contributed by atoms with Gasteiger partial charge in [0.2, 0.25) is 10.0 Å². The fourth-order valence-electron chi connectivity index (χ4n) is 3.66. The summed E-state index contributed by atoms with van der Waals surface area (Å²) in [5, 5.41) is 3.68. The minimum Gasteiger partial charge on any atom is -0.322 e. The lowest BCUT2D eigenvalue weighted by Crippen LogP contribution is -2.48. The second-order valence-electron chi connectivity index (χ2n) is 7.20. The number of piperazine rings is 1. The Hall–Kier alpha value is -2.81. The number of pyridine rings is 1. The minimum atomic E-state index is -3.61. The molecule has 1 aliphatic heterocycles. The highest BCUT2D eigenvalue weighted by Gasteiger charge is 2.28. The van der Waals surface area contributed by atoms with Crippen LogP contribution in [0.3, 0.4) is 0 Å². The quantitative estimate of drug-likeness (QED) is 0.681. The Balaban J connectivity index is 1.55. The van der Waals surface area contributed by atoms with Crippen LogP contribution in [0.25, 0.3) is 10.9 Å². The van der Waals surface area contributed by atoms with Crippen molar-refractivity contribution in [2.75, 3.05) is 38.0 Å². The third-order valence-electron chi connectivity index (χ3n) is 5.39. The number of hydrogen-bond donors (Lipinski definition) is 1. The van der Waals surface area contributed by atoms with Crippen molar-refractivity contribution in [2.24, 2.45) is 0 Å². The molecule has 4 rings (SSSR count). The summed E-state index contributed by atoms with van der Waals surface area (Å²) in [5.41, 5.74) is 1.48. The van der Waals surface area contributed by atoms with E-state index in [2.05, 4.69) is 22.1 Å². The Labute approximate surface area is 176 Å². The molecule has 1 fully saturated rings. The number of nitrogens with zero attached hydrogens (tertiary/aromatic N) is 3. The summed E-state index contributed by atoms with van der Waals surface area (Å²) in [6.07, 6.45) is 1.64. The molecule has 0 radical (unpaired) electrons. The monoisotopic (exact) mass is 424 g/mol. The van der Waals surface area contributed by atoms with Crippen LogP contribution in [-0.2, 0) is 10.0 Å². The van der Waals surface area contributed by atoms with Gasteiger partial charge in [-0.3, -0.25) is 9.78 Å². The molecule has 2 heterocycles. The van der Waals surface area contributed by atoms with Crippen molar-refractivity contribution in [2.45, 2.75) is 11.8 Å². The first-order chi connectivity index (χ1) is 14.5. The summed E-state index contributed by atoms with van der Waals surface area (Å²) in [5.74, 6) is -0.328. The zero-order valence-corrected chi connectivity index (χ0v) is 17.6. The second kappa shape index (κ2) is 8.51. The molecule has 0 bridgehead atoms. The maximum atomic E-state index is 13.0. The SMILES string of the molecule is CCN1CCN(S(=O)(=O)c2cccc(NC(=O)c3cccc4cccnc34)c2)CC1. The summed E-state index contributed by atoms with van der Waals surface area (Å²) in [7, 11) is -3.61. The number of anilines is 1. The number of sulfonamides is 1. The Bertz CT molecular complexity index is 1170. The number of fused-ring (bicyclic) bond motifs is 1. The number of para-hydroxylation sites is 1. The molecule has 0 spiro atoms. The van der Waals surface area contributed by atoms with Crippen molar-refractivity contribution >= 4 is 32.5 Å². The van der Waals surface area contributed by atoms with Gasteiger partial charge < -0.3 is 10.2 Å². The molecule has 1 aliphatic rings. The average Bonchev–Trinajstić information content (AvgIpc) is 2.79. The molecule has 1 aromatic heterocycles. The topological polar surface area (TPSA) is 82.6 Å². The molecule has 8 heteroatoms. The number of hydrogen-bond acceptors (Lipinski definition) is 5. The van der Waals surface area contributed by atoms with Gasteiger partial charge in [-0.1, -0.05) is 31.2 Å². The van der Waals surface area contributed by atoms with Gasteiger partial charge in [-0.05, 0) is 36.9 Å². The number of aromatic nitrogens is 1. The summed E-state index contributed by atoms with van der Waals surface area (Å²) >= 11 is 0. The molecule has 3 aromatic rings. The minimum absolute atomic E-state index is 0.182. The van der Waals surface area contributed by atoms with Crippen LogP contribution >= 0.6 is 0 Å². The lowest BCUT2D eigenvalue weighted by molar-refractivity contribution is 0.102. The van der Waals surface area contributed by atoms with E-state index in [4.69, 9.17) is 0 Å². The van der Waals surface area contributed by atoms with Gasteiger partial charge in [0, 0.05) is 43.4 Å². The van der Waals surface area contributed by atoms with Crippen LogP contribution < -0.4 is 5.32 Å². The third-order valence-corrected chi connectivity index (χ3v) is 7.28. The highest BCUT2D eigenvalue weighted by atomic mass is 32.2. The van der Waals surface area contributed by atoms with Crippen LogP contribution in [-0.4, -0.2) is 61.2 Å². The van der Waals surface area contributed by atoms with Gasteiger partial charge in [-0.25, -0.2) is 8.42 Å². The number of rotatable bonds is 5. The van der Waals surface area contributed by atoms with E-state index in [1.165, 1.54) is 10.4 Å². The van der Waals surface area contributed by atoms with Gasteiger partial charge in [0.1, 0.15) is 0 Å². The van der Waals surface area contributed by atoms with Crippen LogP contribution in [0.2, 0.25) is 0 Å². The van der Waals surface area contributed by atoms with Crippen LogP contribution in [0.1, 0.15) is 17.3 Å². The summed E-state index contributed by atoms with van der Waals surface area (Å²) in [4.78, 5) is 19.6. The van der Waals surface area contributed by atoms with E-state index >= 15 is 0 Å². The fourth-order valence-corrected chi connectivity index (χ4v) is 5.12. The Morgan fingerprint density at radius 3 is 2.53 bits per heavy atom. The Kier molecular flexibility index (Phi) is 5.80. The molecular weight excluding hydrogens is 400 g/mol. The van der Waals surface area contributed by atoms with Crippen LogP contribution in [0, 0.1) is 0 Å². The number of carbonyl (C=O) groups is 1. The number of amides is 1. The lowest BCUT2D eigenvalue weighted by atomic mass is 10.1. The highest BCUT2D eigenvalue weighted by Crippen LogP contribution is 2.22. The molecule has 0 atom stereocenters. The molecule has 0 aliphatic carbocycles. The third kappa shape index (κ3) is 4.07. The first-order valence-corrected chi connectivity index (χ1v) is 11.4. The second-order valence-corrected chi connectivity index (χ2v) is 9.14. The van der Waals surface area contributed by atoms with Gasteiger partial charge in [-0.15, -0.1) is 0 Å². The molecule has 1 N–H and O–H groups in total. The predicted octanol–water partition coefficient (Wildman–Crippen LogP) is 2.81. The average molecular weight is 425 g/mol. The van der Waals surface area contributed by atoms with Gasteiger partial charge in [-0.2, -0.15) is 4.31 Å². The number of nitrogens with one attached hydrogen (secondary N) is 1. The van der Waals surface area contributed by atoms with Gasteiger partial charge in [0.25, 0.3) is 5.91 Å². The first-order valence-electron chi connectivity index (χ1n) is 9.96. The highest BCUT2D eigenvalue weighted by molar-refractivity contribution is 7.89. The van der Waals surface area contributed by atoms with Crippen molar-refractivity contribution in [1.82, 2.24) is 14.2 Å². The largest absolute Gasteiger partial charge is 0.322 e. The maximum absolute atomic E-state index is 13.0. The Morgan fingerprint density at radius 1 is 1.03 bits per heavy atom. The summed E-state index contributed by atoms with van der Waals surface area (Å²) in [6.45, 7) is 5.36. The number of benzene rings is 2. The summed E-state index contributed by atoms with van der Waals surface area (Å²) < 4.78 is 27.6. The van der Waals surface area contributed by atoms with Gasteiger partial charge in [0.15, 0.2) is 0 Å². The predicted molar refractivity (Wildman–Crippen MR) is 117 cm³/mol. The van der Waals surface area contributed by atoms with E-state index in [1.807, 2.05) is 18.2 Å². The van der Waals surface area contributed by atoms with E-state index in [0.29, 0.717) is 29.9 Å². The van der Waals surface area contributed by atoms with E-state index in [9.17, 15) is 13.2 Å². The number of carbonyl (C=O) groups excluding carboxylic acids is 1. The van der Waals surface area contributed by atoms with Crippen molar-refractivity contribution in [1.29, 1.82) is 0 Å². The molecule has 0 unspecified atom stereocenters. The van der Waals surface area contributed by atoms with Crippen LogP contribution in [0.15, 0.2) is 65.7 Å². The molecule has 7 nitrogen and oxygen atoms in total. The Morgan fingerprint density at radius 2 is 1.77 bits per heavy atom. The van der Waals surface area contributed by atoms with Gasteiger partial charge >= 0.3 is 0 Å². The zero-order valence-electron chi connectivity index (χ0n) is 16.8. The van der Waals surface area contributed by atoms with Crippen molar-refractivity contribution in [3.63, 3.8) is 0 Å². The van der Waals surface area contributed by atoms with E-state index in [1.54, 1.807) is 36.5 Å². The van der Waals surface area contributed by atoms with Crippen LogP contribution in [0.5, 0.6) is 0 Å².